The van der Waals surface area contributed by atoms with Gasteiger partial charge in [-0.1, -0.05) is 13.3 Å². The van der Waals surface area contributed by atoms with E-state index in [1.807, 2.05) is 0 Å². The Morgan fingerprint density at radius 1 is 1.33 bits per heavy atom. The van der Waals surface area contributed by atoms with Gasteiger partial charge in [0.05, 0.1) is 24.1 Å². The maximum absolute atomic E-state index is 13.0. The van der Waals surface area contributed by atoms with Crippen LogP contribution in [0.2, 0.25) is 0 Å². The smallest absolute Gasteiger partial charge is 0.308 e. The van der Waals surface area contributed by atoms with Crippen LogP contribution >= 0.6 is 15.9 Å². The first-order valence-corrected chi connectivity index (χ1v) is 9.93. The number of halogens is 1. The molecule has 7 nitrogen and oxygen atoms in total. The number of carbonyl (C=O) groups is 3. The first-order valence-electron chi connectivity index (χ1n) is 9.14. The first-order chi connectivity index (χ1) is 13.0. The number of nitrogens with zero attached hydrogens (tertiary/aromatic N) is 1. The topological polar surface area (TPSA) is 84.9 Å². The van der Waals surface area contributed by atoms with E-state index >= 15 is 0 Å². The molecule has 1 aliphatic heterocycles. The van der Waals surface area contributed by atoms with Gasteiger partial charge in [0.25, 0.3) is 5.91 Å². The van der Waals surface area contributed by atoms with Gasteiger partial charge in [-0.25, -0.2) is 0 Å². The van der Waals surface area contributed by atoms with Crippen LogP contribution in [-0.4, -0.2) is 55.0 Å². The summed E-state index contributed by atoms with van der Waals surface area (Å²) >= 11 is 3.43. The molecule has 0 radical (unpaired) electrons. The molecule has 0 bridgehead atoms. The number of amides is 2. The van der Waals surface area contributed by atoms with Crippen molar-refractivity contribution in [1.82, 2.24) is 10.2 Å². The van der Waals surface area contributed by atoms with Crippen LogP contribution in [0.3, 0.4) is 0 Å². The fourth-order valence-electron chi connectivity index (χ4n) is 2.78. The molecule has 1 N–H and O–H groups in total. The number of unbranched alkanes of at least 4 members (excludes halogenated alkanes) is 1. The molecule has 0 aromatic heterocycles. The van der Waals surface area contributed by atoms with Crippen LogP contribution in [-0.2, 0) is 14.3 Å². The lowest BCUT2D eigenvalue weighted by Gasteiger charge is -2.34. The Balaban J connectivity index is 2.14. The Bertz CT molecular complexity index is 695. The van der Waals surface area contributed by atoms with Crippen molar-refractivity contribution in [2.75, 3.05) is 26.3 Å². The molecule has 8 heteroatoms. The summed E-state index contributed by atoms with van der Waals surface area (Å²) in [7, 11) is 0. The normalized spacial score (nSPS) is 16.6. The van der Waals surface area contributed by atoms with E-state index in [0.29, 0.717) is 35.5 Å². The Labute approximate surface area is 167 Å². The van der Waals surface area contributed by atoms with Crippen molar-refractivity contribution in [3.63, 3.8) is 0 Å². The average molecular weight is 441 g/mol. The second kappa shape index (κ2) is 10.3. The van der Waals surface area contributed by atoms with Crippen LogP contribution in [0.15, 0.2) is 22.7 Å². The highest BCUT2D eigenvalue weighted by molar-refractivity contribution is 9.10. The number of ether oxygens (including phenoxy) is 2. The number of hydrogen-bond donors (Lipinski definition) is 1. The summed E-state index contributed by atoms with van der Waals surface area (Å²) in [5.41, 5.74) is 0.424. The lowest BCUT2D eigenvalue weighted by atomic mass is 10.1. The van der Waals surface area contributed by atoms with E-state index in [4.69, 9.17) is 9.47 Å². The Morgan fingerprint density at radius 2 is 2.11 bits per heavy atom. The fourth-order valence-corrected chi connectivity index (χ4v) is 3.27. The third-order valence-corrected chi connectivity index (χ3v) is 4.81. The van der Waals surface area contributed by atoms with E-state index in [1.165, 1.54) is 4.90 Å². The van der Waals surface area contributed by atoms with E-state index in [-0.39, 0.29) is 24.8 Å². The Kier molecular flexibility index (Phi) is 8.09. The van der Waals surface area contributed by atoms with Gasteiger partial charge in [-0.3, -0.25) is 14.4 Å². The largest absolute Gasteiger partial charge is 0.492 e. The highest BCUT2D eigenvalue weighted by Crippen LogP contribution is 2.27. The molecule has 0 spiro atoms. The molecule has 0 aliphatic carbocycles. The standard InChI is InChI=1S/C19H25BrN2O5/c1-3-5-10-27-16-7-6-13(11-14(16)20)19(25)22-9-8-21-18(24)15(22)12-17(23)26-4-2/h6-7,11,15H,3-5,8-10,12H2,1-2H3,(H,21,24). The van der Waals surface area contributed by atoms with Gasteiger partial charge in [0.15, 0.2) is 0 Å². The zero-order chi connectivity index (χ0) is 19.8. The Hall–Kier alpha value is -2.09. The molecule has 27 heavy (non-hydrogen) atoms. The van der Waals surface area contributed by atoms with Gasteiger partial charge >= 0.3 is 5.97 Å². The minimum Gasteiger partial charge on any atom is -0.492 e. The highest BCUT2D eigenvalue weighted by Gasteiger charge is 2.35. The fraction of sp³-hybridized carbons (Fsp3) is 0.526. The molecule has 1 heterocycles. The molecule has 1 saturated heterocycles. The van der Waals surface area contributed by atoms with Crippen molar-refractivity contribution in [3.8, 4) is 5.75 Å². The predicted molar refractivity (Wildman–Crippen MR) is 104 cm³/mol. The molecule has 2 rings (SSSR count). The molecule has 148 valence electrons. The van der Waals surface area contributed by atoms with Gasteiger partial charge in [-0.15, -0.1) is 0 Å². The van der Waals surface area contributed by atoms with Gasteiger partial charge in [0.2, 0.25) is 5.91 Å². The molecular formula is C19H25BrN2O5. The zero-order valence-electron chi connectivity index (χ0n) is 15.6. The molecule has 1 unspecified atom stereocenters. The number of esters is 1. The van der Waals surface area contributed by atoms with Crippen molar-refractivity contribution in [2.24, 2.45) is 0 Å². The number of hydrogen-bond acceptors (Lipinski definition) is 5. The van der Waals surface area contributed by atoms with Crippen molar-refractivity contribution < 1.29 is 23.9 Å². The summed E-state index contributed by atoms with van der Waals surface area (Å²) in [4.78, 5) is 38.4. The van der Waals surface area contributed by atoms with Crippen LogP contribution in [0.25, 0.3) is 0 Å². The lowest BCUT2D eigenvalue weighted by Crippen LogP contribution is -2.57. The van der Waals surface area contributed by atoms with Gasteiger partial charge in [-0.05, 0) is 47.5 Å². The van der Waals surface area contributed by atoms with Crippen molar-refractivity contribution in [3.05, 3.63) is 28.2 Å². The third kappa shape index (κ3) is 5.69. The summed E-state index contributed by atoms with van der Waals surface area (Å²) in [6, 6.07) is 4.21. The van der Waals surface area contributed by atoms with E-state index in [9.17, 15) is 14.4 Å². The van der Waals surface area contributed by atoms with Crippen molar-refractivity contribution in [1.29, 1.82) is 0 Å². The summed E-state index contributed by atoms with van der Waals surface area (Å²) in [6.07, 6.45) is 1.82. The maximum Gasteiger partial charge on any atom is 0.308 e. The highest BCUT2D eigenvalue weighted by atomic mass is 79.9. The molecule has 1 fully saturated rings. The minimum atomic E-state index is -0.871. The zero-order valence-corrected chi connectivity index (χ0v) is 17.2. The van der Waals surface area contributed by atoms with E-state index in [2.05, 4.69) is 28.2 Å². The van der Waals surface area contributed by atoms with E-state index in [1.54, 1.807) is 25.1 Å². The molecule has 1 aliphatic rings. The number of rotatable bonds is 8. The summed E-state index contributed by atoms with van der Waals surface area (Å²) < 4.78 is 11.3. The van der Waals surface area contributed by atoms with Crippen molar-refractivity contribution in [2.45, 2.75) is 39.2 Å². The molecular weight excluding hydrogens is 416 g/mol. The summed E-state index contributed by atoms with van der Waals surface area (Å²) in [6.45, 7) is 5.30. The lowest BCUT2D eigenvalue weighted by molar-refractivity contribution is -0.147. The van der Waals surface area contributed by atoms with Gasteiger partial charge in [-0.2, -0.15) is 0 Å². The quantitative estimate of drug-likeness (QED) is 0.495. The van der Waals surface area contributed by atoms with E-state index < -0.39 is 12.0 Å². The second-order valence-electron chi connectivity index (χ2n) is 6.16. The molecule has 1 aromatic carbocycles. The van der Waals surface area contributed by atoms with Crippen molar-refractivity contribution >= 4 is 33.7 Å². The van der Waals surface area contributed by atoms with E-state index in [0.717, 1.165) is 12.8 Å². The number of nitrogens with one attached hydrogen (secondary N) is 1. The third-order valence-electron chi connectivity index (χ3n) is 4.19. The van der Waals surface area contributed by atoms with Crippen LogP contribution < -0.4 is 10.1 Å². The number of piperazine rings is 1. The molecule has 1 atom stereocenters. The average Bonchev–Trinajstić information content (AvgIpc) is 2.64. The predicted octanol–water partition coefficient (Wildman–Crippen LogP) is 2.52. The summed E-state index contributed by atoms with van der Waals surface area (Å²) in [5.74, 6) is -0.487. The second-order valence-corrected chi connectivity index (χ2v) is 7.02. The number of benzene rings is 1. The molecule has 1 aromatic rings. The maximum atomic E-state index is 13.0. The van der Waals surface area contributed by atoms with Crippen LogP contribution in [0.5, 0.6) is 5.75 Å². The SMILES string of the molecule is CCCCOc1ccc(C(=O)N2CCNC(=O)C2CC(=O)OCC)cc1Br. The van der Waals surface area contributed by atoms with Gasteiger partial charge in [0.1, 0.15) is 11.8 Å². The van der Waals surface area contributed by atoms with Gasteiger partial charge in [0, 0.05) is 18.7 Å². The van der Waals surface area contributed by atoms with Crippen LogP contribution in [0.1, 0.15) is 43.5 Å². The summed E-state index contributed by atoms with van der Waals surface area (Å²) in [5, 5.41) is 2.70. The number of carbonyl (C=O) groups excluding carboxylic acids is 3. The first kappa shape index (κ1) is 21.2. The van der Waals surface area contributed by atoms with Crippen LogP contribution in [0, 0.1) is 0 Å². The van der Waals surface area contributed by atoms with Gasteiger partial charge < -0.3 is 19.7 Å². The molecule has 2 amide bonds. The minimum absolute atomic E-state index is 0.162. The molecule has 0 saturated carbocycles. The van der Waals surface area contributed by atoms with Crippen LogP contribution in [0.4, 0.5) is 0 Å². The Morgan fingerprint density at radius 3 is 2.78 bits per heavy atom. The monoisotopic (exact) mass is 440 g/mol.